The molecule has 1 aromatic heterocycles. The van der Waals surface area contributed by atoms with Gasteiger partial charge >= 0.3 is 0 Å². The molecule has 0 aliphatic rings. The molecule has 0 aliphatic carbocycles. The molecule has 0 saturated carbocycles. The Labute approximate surface area is 103 Å². The summed E-state index contributed by atoms with van der Waals surface area (Å²) in [6.45, 7) is 1.31. The van der Waals surface area contributed by atoms with Crippen LogP contribution in [-0.2, 0) is 9.05 Å². The van der Waals surface area contributed by atoms with E-state index < -0.39 is 25.9 Å². The quantitative estimate of drug-likeness (QED) is 0.459. The van der Waals surface area contributed by atoms with Crippen molar-refractivity contribution >= 4 is 42.3 Å². The number of rotatable bonds is 2. The molecule has 0 N–H and O–H groups in total. The zero-order chi connectivity index (χ0) is 11.8. The average molecular weight is 368 g/mol. The largest absolute Gasteiger partial charge is 0.266 e. The second-order valence-electron chi connectivity index (χ2n) is 2.68. The van der Waals surface area contributed by atoms with Gasteiger partial charge in [-0.1, -0.05) is 0 Å². The SMILES string of the molecule is Cc1nc(I)cc(S(=O)(=O)Cl)c1C(F)F. The molecule has 1 aromatic rings. The molecular formula is C7H5ClF2INO2S. The zero-order valence-electron chi connectivity index (χ0n) is 7.34. The summed E-state index contributed by atoms with van der Waals surface area (Å²) in [6, 6.07) is 1.03. The molecule has 15 heavy (non-hydrogen) atoms. The molecule has 8 heteroatoms. The van der Waals surface area contributed by atoms with Gasteiger partial charge in [0, 0.05) is 16.4 Å². The number of alkyl halides is 2. The molecule has 0 radical (unpaired) electrons. The summed E-state index contributed by atoms with van der Waals surface area (Å²) in [5.74, 6) is 0. The van der Waals surface area contributed by atoms with Crippen molar-refractivity contribution in [2.45, 2.75) is 18.2 Å². The third kappa shape index (κ3) is 2.97. The highest BCUT2D eigenvalue weighted by atomic mass is 127. The van der Waals surface area contributed by atoms with Gasteiger partial charge in [-0.3, -0.25) is 0 Å². The summed E-state index contributed by atoms with van der Waals surface area (Å²) in [5, 5.41) is 0. The van der Waals surface area contributed by atoms with E-state index in [0.29, 0.717) is 3.70 Å². The number of hydrogen-bond acceptors (Lipinski definition) is 3. The van der Waals surface area contributed by atoms with Crippen LogP contribution in [0, 0.1) is 10.6 Å². The molecule has 0 fully saturated rings. The Morgan fingerprint density at radius 2 is 2.07 bits per heavy atom. The number of aryl methyl sites for hydroxylation is 1. The maximum absolute atomic E-state index is 12.6. The minimum absolute atomic E-state index is 0.0314. The van der Waals surface area contributed by atoms with Crippen LogP contribution in [0.4, 0.5) is 8.78 Å². The van der Waals surface area contributed by atoms with Gasteiger partial charge in [0.25, 0.3) is 15.5 Å². The minimum Gasteiger partial charge on any atom is -0.247 e. The van der Waals surface area contributed by atoms with Crippen LogP contribution < -0.4 is 0 Å². The van der Waals surface area contributed by atoms with E-state index in [-0.39, 0.29) is 5.69 Å². The van der Waals surface area contributed by atoms with Crippen molar-refractivity contribution in [3.63, 3.8) is 0 Å². The van der Waals surface area contributed by atoms with Gasteiger partial charge in [0.05, 0.1) is 10.5 Å². The first-order valence-electron chi connectivity index (χ1n) is 3.63. The molecule has 0 amide bonds. The first kappa shape index (κ1) is 13.0. The third-order valence-electron chi connectivity index (χ3n) is 1.66. The summed E-state index contributed by atoms with van der Waals surface area (Å²) in [5.41, 5.74) is -0.665. The van der Waals surface area contributed by atoms with Crippen molar-refractivity contribution in [2.24, 2.45) is 0 Å². The molecule has 1 heterocycles. The Kier molecular flexibility index (Phi) is 3.88. The molecule has 0 atom stereocenters. The lowest BCUT2D eigenvalue weighted by atomic mass is 10.2. The molecule has 0 aromatic carbocycles. The maximum Gasteiger partial charge on any atom is 0.266 e. The van der Waals surface area contributed by atoms with E-state index >= 15 is 0 Å². The fraction of sp³-hybridized carbons (Fsp3) is 0.286. The highest BCUT2D eigenvalue weighted by Gasteiger charge is 2.25. The number of aromatic nitrogens is 1. The van der Waals surface area contributed by atoms with Gasteiger partial charge in [-0.2, -0.15) is 0 Å². The molecule has 3 nitrogen and oxygen atoms in total. The Balaban J connectivity index is 3.62. The third-order valence-corrected chi connectivity index (χ3v) is 3.58. The smallest absolute Gasteiger partial charge is 0.247 e. The predicted octanol–water partition coefficient (Wildman–Crippen LogP) is 2.86. The summed E-state index contributed by atoms with van der Waals surface area (Å²) >= 11 is 1.73. The minimum atomic E-state index is -4.18. The Bertz CT molecular complexity index is 492. The first-order chi connectivity index (χ1) is 6.73. The highest BCUT2D eigenvalue weighted by Crippen LogP contribution is 2.31. The molecule has 1 rings (SSSR count). The van der Waals surface area contributed by atoms with Gasteiger partial charge in [0.1, 0.15) is 3.70 Å². The van der Waals surface area contributed by atoms with Crippen molar-refractivity contribution in [1.29, 1.82) is 0 Å². The molecule has 0 spiro atoms. The molecule has 0 saturated heterocycles. The van der Waals surface area contributed by atoms with E-state index in [1.807, 2.05) is 0 Å². The van der Waals surface area contributed by atoms with E-state index in [1.165, 1.54) is 6.92 Å². The molecule has 0 bridgehead atoms. The van der Waals surface area contributed by atoms with Gasteiger partial charge in [0.2, 0.25) is 0 Å². The van der Waals surface area contributed by atoms with Crippen molar-refractivity contribution in [3.05, 3.63) is 21.0 Å². The van der Waals surface area contributed by atoms with E-state index in [1.54, 1.807) is 22.6 Å². The first-order valence-corrected chi connectivity index (χ1v) is 7.02. The lowest BCUT2D eigenvalue weighted by molar-refractivity contribution is 0.146. The van der Waals surface area contributed by atoms with Gasteiger partial charge in [-0.05, 0) is 35.6 Å². The Morgan fingerprint density at radius 3 is 2.47 bits per heavy atom. The van der Waals surface area contributed by atoms with Gasteiger partial charge in [0.15, 0.2) is 0 Å². The van der Waals surface area contributed by atoms with Crippen LogP contribution in [0.5, 0.6) is 0 Å². The summed E-state index contributed by atoms with van der Waals surface area (Å²) in [4.78, 5) is 3.18. The standard InChI is InChI=1S/C7H5ClF2INO2S/c1-3-6(7(9)10)4(15(8,13)14)2-5(11)12-3/h2,7H,1H3. The van der Waals surface area contributed by atoms with E-state index in [9.17, 15) is 17.2 Å². The van der Waals surface area contributed by atoms with Crippen LogP contribution in [0.2, 0.25) is 0 Å². The second kappa shape index (κ2) is 4.46. The van der Waals surface area contributed by atoms with Crippen LogP contribution in [0.15, 0.2) is 11.0 Å². The van der Waals surface area contributed by atoms with E-state index in [2.05, 4.69) is 4.98 Å². The van der Waals surface area contributed by atoms with Crippen LogP contribution in [0.1, 0.15) is 17.7 Å². The van der Waals surface area contributed by atoms with Crippen LogP contribution in [0.3, 0.4) is 0 Å². The predicted molar refractivity (Wildman–Crippen MR) is 59.7 cm³/mol. The lowest BCUT2D eigenvalue weighted by Crippen LogP contribution is -2.04. The maximum atomic E-state index is 12.6. The Hall–Kier alpha value is -0.0200. The summed E-state index contributed by atoms with van der Waals surface area (Å²) in [6.07, 6.45) is -2.92. The summed E-state index contributed by atoms with van der Waals surface area (Å²) in [7, 11) is 0.883. The fourth-order valence-corrected chi connectivity index (χ4v) is 3.10. The topological polar surface area (TPSA) is 47.0 Å². The van der Waals surface area contributed by atoms with Crippen LogP contribution in [-0.4, -0.2) is 13.4 Å². The van der Waals surface area contributed by atoms with Gasteiger partial charge in [-0.25, -0.2) is 22.2 Å². The van der Waals surface area contributed by atoms with E-state index in [0.717, 1.165) is 6.07 Å². The van der Waals surface area contributed by atoms with Gasteiger partial charge in [-0.15, -0.1) is 0 Å². The van der Waals surface area contributed by atoms with Gasteiger partial charge < -0.3 is 0 Å². The number of halogens is 4. The second-order valence-corrected chi connectivity index (χ2v) is 6.32. The van der Waals surface area contributed by atoms with E-state index in [4.69, 9.17) is 10.7 Å². The van der Waals surface area contributed by atoms with Crippen molar-refractivity contribution in [2.75, 3.05) is 0 Å². The Morgan fingerprint density at radius 1 is 1.53 bits per heavy atom. The van der Waals surface area contributed by atoms with Crippen molar-refractivity contribution in [3.8, 4) is 0 Å². The van der Waals surface area contributed by atoms with Crippen molar-refractivity contribution in [1.82, 2.24) is 4.98 Å². The van der Waals surface area contributed by atoms with Crippen molar-refractivity contribution < 1.29 is 17.2 Å². The number of nitrogens with zero attached hydrogens (tertiary/aromatic N) is 1. The molecular weight excluding hydrogens is 363 g/mol. The molecule has 0 unspecified atom stereocenters. The molecule has 0 aliphatic heterocycles. The highest BCUT2D eigenvalue weighted by molar-refractivity contribution is 14.1. The number of hydrogen-bond donors (Lipinski definition) is 0. The molecule has 84 valence electrons. The normalized spacial score (nSPS) is 12.1. The zero-order valence-corrected chi connectivity index (χ0v) is 11.1. The lowest BCUT2D eigenvalue weighted by Gasteiger charge is -2.09. The average Bonchev–Trinajstić information content (AvgIpc) is 1.99. The van der Waals surface area contributed by atoms with Crippen LogP contribution in [0.25, 0.3) is 0 Å². The van der Waals surface area contributed by atoms with Crippen LogP contribution >= 0.6 is 33.3 Å². The number of pyridine rings is 1. The fourth-order valence-electron chi connectivity index (χ4n) is 1.08. The summed E-state index contributed by atoms with van der Waals surface area (Å²) < 4.78 is 47.6. The monoisotopic (exact) mass is 367 g/mol.